The van der Waals surface area contributed by atoms with Gasteiger partial charge < -0.3 is 23.6 Å². The van der Waals surface area contributed by atoms with Gasteiger partial charge >= 0.3 is 0 Å². The Morgan fingerprint density at radius 3 is 2.58 bits per heavy atom. The van der Waals surface area contributed by atoms with Gasteiger partial charge in [0.1, 0.15) is 0 Å². The minimum atomic E-state index is -3.47. The van der Waals surface area contributed by atoms with Crippen molar-refractivity contribution in [2.45, 2.75) is 63.2 Å². The highest BCUT2D eigenvalue weighted by Crippen LogP contribution is 2.60. The van der Waals surface area contributed by atoms with Gasteiger partial charge in [-0.25, -0.2) is 0 Å². The molecule has 2 aliphatic rings. The van der Waals surface area contributed by atoms with E-state index < -0.39 is 42.4 Å². The fourth-order valence-electron chi connectivity index (χ4n) is 7.29. The normalized spacial score (nSPS) is 22.0. The number of nitrogens with zero attached hydrogens (tertiary/aromatic N) is 6. The van der Waals surface area contributed by atoms with E-state index in [0.717, 1.165) is 5.56 Å². The van der Waals surface area contributed by atoms with Crippen LogP contribution in [0.1, 0.15) is 30.2 Å². The third-order valence-electron chi connectivity index (χ3n) is 9.44. The number of carbonyl (C=O) groups excluding carboxylic acids is 1. The first-order valence-corrected chi connectivity index (χ1v) is 18.7. The fourth-order valence-corrected chi connectivity index (χ4v) is 9.83. The van der Waals surface area contributed by atoms with E-state index in [-0.39, 0.29) is 30.1 Å². The zero-order valence-corrected chi connectivity index (χ0v) is 28.1. The number of aliphatic hydroxyl groups is 1. The van der Waals surface area contributed by atoms with Crippen molar-refractivity contribution in [2.24, 2.45) is 5.92 Å². The van der Waals surface area contributed by atoms with Gasteiger partial charge in [0, 0.05) is 66.8 Å². The lowest BCUT2D eigenvalue weighted by Gasteiger charge is -2.31. The zero-order chi connectivity index (χ0) is 34.4. The highest BCUT2D eigenvalue weighted by molar-refractivity contribution is 6.72. The molecule has 0 aliphatic carbocycles. The minimum Gasteiger partial charge on any atom is -0.491 e. The average molecular weight is 677 g/mol. The molecule has 13 nitrogen and oxygen atoms in total. The van der Waals surface area contributed by atoms with Crippen molar-refractivity contribution in [2.75, 3.05) is 18.6 Å². The molecule has 0 radical (unpaired) electrons. The quantitative estimate of drug-likeness (QED) is 0.106. The number of aromatic nitrogens is 4. The molecule has 2 aromatic carbocycles. The topological polar surface area (TPSA) is 155 Å². The Bertz CT molecular complexity index is 1910. The molecule has 4 heterocycles. The number of pyridine rings is 1. The third-order valence-corrected chi connectivity index (χ3v) is 11.9. The smallest absolute Gasteiger partial charge is 0.297 e. The molecule has 0 unspecified atom stereocenters. The van der Waals surface area contributed by atoms with E-state index in [1.807, 2.05) is 0 Å². The van der Waals surface area contributed by atoms with Crippen LogP contribution in [0, 0.1) is 16.0 Å². The summed E-state index contributed by atoms with van der Waals surface area (Å²) in [5, 5.41) is 29.3. The molecule has 1 N–H and O–H groups in total. The van der Waals surface area contributed by atoms with Crippen LogP contribution in [-0.4, -0.2) is 63.7 Å². The average Bonchev–Trinajstić information content (AvgIpc) is 3.70. The van der Waals surface area contributed by atoms with Crippen LogP contribution < -0.4 is 15.2 Å². The first kappa shape index (κ1) is 33.2. The third kappa shape index (κ3) is 5.71. The molecule has 2 aromatic heterocycles. The molecule has 2 aliphatic heterocycles. The molecule has 252 valence electrons. The van der Waals surface area contributed by atoms with Crippen LogP contribution in [0.2, 0.25) is 18.6 Å². The van der Waals surface area contributed by atoms with E-state index in [1.165, 1.54) is 23.8 Å². The second-order valence-electron chi connectivity index (χ2n) is 12.8. The number of non-ortho nitro benzene ring substituents is 1. The Kier molecular flexibility index (Phi) is 8.78. The van der Waals surface area contributed by atoms with Crippen molar-refractivity contribution in [1.82, 2.24) is 19.6 Å². The van der Waals surface area contributed by atoms with Crippen LogP contribution in [0.5, 0.6) is 5.75 Å². The summed E-state index contributed by atoms with van der Waals surface area (Å²) in [4.78, 5) is 40.4. The maximum atomic E-state index is 16.2. The summed E-state index contributed by atoms with van der Waals surface area (Å²) < 4.78 is 31.1. The van der Waals surface area contributed by atoms with Gasteiger partial charge in [-0.05, 0) is 55.4 Å². The lowest BCUT2D eigenvalue weighted by atomic mass is 9.82. The largest absolute Gasteiger partial charge is 0.491 e. The summed E-state index contributed by atoms with van der Waals surface area (Å²) >= 11 is 0. The number of carbonyl (C=O) groups is 1. The fraction of sp³-hybridized carbons (Fsp3) is 0.394. The highest BCUT2D eigenvalue weighted by Gasteiger charge is 2.66. The molecule has 48 heavy (non-hydrogen) atoms. The number of hydrogen-bond donors (Lipinski definition) is 1. The van der Waals surface area contributed by atoms with Gasteiger partial charge in [-0.15, -0.1) is 5.10 Å². The van der Waals surface area contributed by atoms with E-state index in [9.17, 15) is 24.8 Å². The first-order valence-electron chi connectivity index (χ1n) is 15.7. The molecular weight excluding hydrogens is 639 g/mol. The summed E-state index contributed by atoms with van der Waals surface area (Å²) in [7, 11) is -2.04. The van der Waals surface area contributed by atoms with Crippen molar-refractivity contribution in [1.29, 1.82) is 0 Å². The number of benzene rings is 2. The highest BCUT2D eigenvalue weighted by atomic mass is 28.4. The molecule has 0 bridgehead atoms. The lowest BCUT2D eigenvalue weighted by molar-refractivity contribution is -0.385. The number of aryl methyl sites for hydroxylation is 1. The Balaban J connectivity index is 1.35. The SMILES string of the molecule is COc1cccn(-c2ccc(CN3C(=O)[C@]4(O[C@H](CCn5cc(CCO)nn5)[C@@H]([Si](C)(C)F)[C@@H]4C)c4cc([N+](=O)[O-])ccc43)cc2)c1=O. The number of hydrogen-bond acceptors (Lipinski definition) is 9. The number of aliphatic hydroxyl groups excluding tert-OH is 1. The maximum absolute atomic E-state index is 16.2. The Morgan fingerprint density at radius 1 is 1.17 bits per heavy atom. The number of nitro groups is 1. The Morgan fingerprint density at radius 2 is 1.92 bits per heavy atom. The number of halogens is 1. The predicted molar refractivity (Wildman–Crippen MR) is 176 cm³/mol. The maximum Gasteiger partial charge on any atom is 0.297 e. The molecule has 1 amide bonds. The van der Waals surface area contributed by atoms with Crippen molar-refractivity contribution >= 4 is 25.7 Å². The lowest BCUT2D eigenvalue weighted by Crippen LogP contribution is -2.45. The molecular formula is C33H37FN6O7Si. The van der Waals surface area contributed by atoms with E-state index in [1.54, 1.807) is 84.5 Å². The monoisotopic (exact) mass is 676 g/mol. The number of nitro benzene ring substituents is 1. The number of anilines is 1. The van der Waals surface area contributed by atoms with E-state index >= 15 is 4.11 Å². The Hall–Kier alpha value is -4.73. The van der Waals surface area contributed by atoms with Crippen LogP contribution in [-0.2, 0) is 34.6 Å². The van der Waals surface area contributed by atoms with Crippen molar-refractivity contribution in [3.05, 3.63) is 104 Å². The molecule has 4 aromatic rings. The summed E-state index contributed by atoms with van der Waals surface area (Å²) in [5.41, 5.74) is 0.0461. The van der Waals surface area contributed by atoms with E-state index in [4.69, 9.17) is 9.47 Å². The molecule has 6 rings (SSSR count). The van der Waals surface area contributed by atoms with Gasteiger partial charge in [0.15, 0.2) is 11.4 Å². The van der Waals surface area contributed by atoms with Crippen LogP contribution in [0.4, 0.5) is 15.5 Å². The van der Waals surface area contributed by atoms with Gasteiger partial charge in [0.05, 0.1) is 36.1 Å². The second kappa shape index (κ2) is 12.7. The summed E-state index contributed by atoms with van der Waals surface area (Å²) in [6.45, 7) is 5.39. The van der Waals surface area contributed by atoms with Gasteiger partial charge in [-0.1, -0.05) is 24.3 Å². The predicted octanol–water partition coefficient (Wildman–Crippen LogP) is 4.29. The summed E-state index contributed by atoms with van der Waals surface area (Å²) in [6.07, 6.45) is 3.37. The molecule has 15 heteroatoms. The van der Waals surface area contributed by atoms with Gasteiger partial charge in [-0.3, -0.25) is 29.0 Å². The molecule has 0 saturated carbocycles. The van der Waals surface area contributed by atoms with Gasteiger partial charge in [0.2, 0.25) is 8.41 Å². The molecule has 1 fully saturated rings. The van der Waals surface area contributed by atoms with Gasteiger partial charge in [-0.2, -0.15) is 0 Å². The Labute approximate surface area is 276 Å². The van der Waals surface area contributed by atoms with Crippen LogP contribution in [0.25, 0.3) is 5.69 Å². The minimum absolute atomic E-state index is 0.0647. The number of fused-ring (bicyclic) bond motifs is 2. The molecule has 4 atom stereocenters. The standard InChI is InChI=1S/C33H37FN6O7Si/c1-21-30(48(3,4)34)28(13-16-37-20-23(14-17-41)35-36-37)47-33(21)26-18-25(40(44)45)11-12-27(26)39(32(33)43)19-22-7-9-24(10-8-22)38-15-5-6-29(46-2)31(38)42/h5-12,15,18,20-21,28,30,41H,13-14,16-17,19H2,1-4H3/t21-,28+,30-,33+/m0/s1. The number of amides is 1. The van der Waals surface area contributed by atoms with Crippen molar-refractivity contribution < 1.29 is 28.4 Å². The van der Waals surface area contributed by atoms with E-state index in [2.05, 4.69) is 10.3 Å². The first-order chi connectivity index (χ1) is 22.9. The van der Waals surface area contributed by atoms with Crippen LogP contribution >= 0.6 is 0 Å². The molecule has 1 spiro atoms. The number of rotatable bonds is 11. The van der Waals surface area contributed by atoms with Crippen LogP contribution in [0.3, 0.4) is 0 Å². The number of ether oxygens (including phenoxy) is 2. The van der Waals surface area contributed by atoms with Crippen molar-refractivity contribution in [3.8, 4) is 11.4 Å². The molecule has 1 saturated heterocycles. The zero-order valence-electron chi connectivity index (χ0n) is 27.1. The van der Waals surface area contributed by atoms with Gasteiger partial charge in [0.25, 0.3) is 17.2 Å². The summed E-state index contributed by atoms with van der Waals surface area (Å²) in [5.74, 6) is -0.833. The number of methoxy groups -OCH3 is 1. The van der Waals surface area contributed by atoms with E-state index in [0.29, 0.717) is 42.0 Å². The second-order valence-corrected chi connectivity index (χ2v) is 16.6. The van der Waals surface area contributed by atoms with Crippen molar-refractivity contribution in [3.63, 3.8) is 0 Å². The summed E-state index contributed by atoms with van der Waals surface area (Å²) in [6, 6.07) is 14.7. The van der Waals surface area contributed by atoms with Crippen LogP contribution in [0.15, 0.2) is 71.8 Å².